The normalized spacial score (nSPS) is 12.4. The van der Waals surface area contributed by atoms with Crippen LogP contribution in [-0.2, 0) is 9.53 Å². The molecule has 0 atom stereocenters. The van der Waals surface area contributed by atoms with Gasteiger partial charge in [-0.2, -0.15) is 5.26 Å². The van der Waals surface area contributed by atoms with Crippen LogP contribution in [-0.4, -0.2) is 32.3 Å². The fourth-order valence-corrected chi connectivity index (χ4v) is 1.71. The van der Waals surface area contributed by atoms with E-state index in [-0.39, 0.29) is 12.5 Å². The molecule has 6 heteroatoms. The van der Waals surface area contributed by atoms with Crippen LogP contribution in [0.15, 0.2) is 12.1 Å². The highest BCUT2D eigenvalue weighted by molar-refractivity contribution is 5.76. The zero-order chi connectivity index (χ0) is 13.7. The molecule has 0 spiro atoms. The topological polar surface area (TPSA) is 80.6 Å². The summed E-state index contributed by atoms with van der Waals surface area (Å²) in [6.07, 6.45) is 0. The molecule has 0 saturated heterocycles. The minimum atomic E-state index is -0.374. The lowest BCUT2D eigenvalue weighted by Gasteiger charge is -2.20. The van der Waals surface area contributed by atoms with Crippen molar-refractivity contribution in [2.45, 2.75) is 6.92 Å². The van der Waals surface area contributed by atoms with E-state index in [4.69, 9.17) is 19.5 Å². The zero-order valence-electron chi connectivity index (χ0n) is 10.6. The maximum absolute atomic E-state index is 11.3. The smallest absolute Gasteiger partial charge is 0.325 e. The van der Waals surface area contributed by atoms with Crippen molar-refractivity contribution in [3.8, 4) is 17.6 Å². The summed E-state index contributed by atoms with van der Waals surface area (Å²) in [6.45, 7) is 3.00. The standard InChI is InChI=1S/C13H14N2O4/c1-2-17-13(16)8-15-10-6-12-11(5-9(10)7-14)18-3-4-19-12/h5-6,15H,2-4,8H2,1H3. The SMILES string of the molecule is CCOC(=O)CNc1cc2c(cc1C#N)OCCO2. The van der Waals surface area contributed by atoms with Gasteiger partial charge >= 0.3 is 5.97 Å². The van der Waals surface area contributed by atoms with E-state index in [2.05, 4.69) is 11.4 Å². The van der Waals surface area contributed by atoms with Crippen LogP contribution < -0.4 is 14.8 Å². The number of anilines is 1. The quantitative estimate of drug-likeness (QED) is 0.824. The molecule has 6 nitrogen and oxygen atoms in total. The average molecular weight is 262 g/mol. The van der Waals surface area contributed by atoms with E-state index in [1.165, 1.54) is 0 Å². The third-order valence-corrected chi connectivity index (χ3v) is 2.53. The third-order valence-electron chi connectivity index (χ3n) is 2.53. The lowest BCUT2D eigenvalue weighted by molar-refractivity contribution is -0.140. The molecular formula is C13H14N2O4. The fraction of sp³-hybridized carbons (Fsp3) is 0.385. The molecule has 19 heavy (non-hydrogen) atoms. The van der Waals surface area contributed by atoms with Gasteiger partial charge in [0, 0.05) is 12.1 Å². The second-order valence-electron chi connectivity index (χ2n) is 3.81. The third kappa shape index (κ3) is 3.07. The van der Waals surface area contributed by atoms with Gasteiger partial charge in [-0.1, -0.05) is 0 Å². The molecule has 0 unspecified atom stereocenters. The molecule has 1 aliphatic rings. The number of hydrogen-bond acceptors (Lipinski definition) is 6. The number of ether oxygens (including phenoxy) is 3. The van der Waals surface area contributed by atoms with Crippen molar-refractivity contribution in [2.75, 3.05) is 31.7 Å². The predicted octanol–water partition coefficient (Wildman–Crippen LogP) is 1.30. The van der Waals surface area contributed by atoms with Crippen molar-refractivity contribution < 1.29 is 19.0 Å². The highest BCUT2D eigenvalue weighted by Gasteiger charge is 2.16. The predicted molar refractivity (Wildman–Crippen MR) is 67.3 cm³/mol. The Labute approximate surface area is 110 Å². The van der Waals surface area contributed by atoms with Gasteiger partial charge in [0.05, 0.1) is 17.9 Å². The van der Waals surface area contributed by atoms with Crippen LogP contribution in [0.3, 0.4) is 0 Å². The number of nitrogens with zero attached hydrogens (tertiary/aromatic N) is 1. The van der Waals surface area contributed by atoms with Gasteiger partial charge in [0.1, 0.15) is 25.8 Å². The number of nitriles is 1. The van der Waals surface area contributed by atoms with Crippen molar-refractivity contribution in [3.63, 3.8) is 0 Å². The first-order chi connectivity index (χ1) is 9.24. The Hall–Kier alpha value is -2.42. The average Bonchev–Trinajstić information content (AvgIpc) is 2.44. The summed E-state index contributed by atoms with van der Waals surface area (Å²) in [5.74, 6) is 0.738. The molecule has 0 radical (unpaired) electrons. The van der Waals surface area contributed by atoms with Gasteiger partial charge < -0.3 is 19.5 Å². The van der Waals surface area contributed by atoms with Crippen molar-refractivity contribution >= 4 is 11.7 Å². The Morgan fingerprint density at radius 2 is 2.11 bits per heavy atom. The number of rotatable bonds is 4. The van der Waals surface area contributed by atoms with E-state index >= 15 is 0 Å². The van der Waals surface area contributed by atoms with Crippen LogP contribution in [0.4, 0.5) is 5.69 Å². The number of hydrogen-bond donors (Lipinski definition) is 1. The lowest BCUT2D eigenvalue weighted by Crippen LogP contribution is -2.19. The lowest BCUT2D eigenvalue weighted by atomic mass is 10.1. The largest absolute Gasteiger partial charge is 0.486 e. The molecule has 0 bridgehead atoms. The molecule has 0 aromatic heterocycles. The van der Waals surface area contributed by atoms with E-state index in [0.717, 1.165) is 0 Å². The van der Waals surface area contributed by atoms with Crippen LogP contribution in [0.25, 0.3) is 0 Å². The molecule has 1 aliphatic heterocycles. The molecule has 0 amide bonds. The Bertz CT molecular complexity index is 522. The highest BCUT2D eigenvalue weighted by atomic mass is 16.6. The van der Waals surface area contributed by atoms with Gasteiger partial charge in [0.2, 0.25) is 0 Å². The first-order valence-corrected chi connectivity index (χ1v) is 5.98. The van der Waals surface area contributed by atoms with Crippen LogP contribution in [0.5, 0.6) is 11.5 Å². The first-order valence-electron chi connectivity index (χ1n) is 5.98. The van der Waals surface area contributed by atoms with Crippen LogP contribution in [0.2, 0.25) is 0 Å². The molecule has 1 aromatic carbocycles. The summed E-state index contributed by atoms with van der Waals surface area (Å²) in [5, 5.41) is 12.0. The van der Waals surface area contributed by atoms with E-state index < -0.39 is 0 Å². The number of esters is 1. The molecule has 0 fully saturated rings. The molecular weight excluding hydrogens is 248 g/mol. The van der Waals surface area contributed by atoms with Crippen molar-refractivity contribution in [3.05, 3.63) is 17.7 Å². The molecule has 1 N–H and O–H groups in total. The Morgan fingerprint density at radius 3 is 2.74 bits per heavy atom. The summed E-state index contributed by atoms with van der Waals surface area (Å²) in [4.78, 5) is 11.3. The summed E-state index contributed by atoms with van der Waals surface area (Å²) in [6, 6.07) is 5.31. The van der Waals surface area contributed by atoms with Crippen molar-refractivity contribution in [1.29, 1.82) is 5.26 Å². The fourth-order valence-electron chi connectivity index (χ4n) is 1.71. The minimum Gasteiger partial charge on any atom is -0.486 e. The molecule has 1 heterocycles. The van der Waals surface area contributed by atoms with E-state index in [0.29, 0.717) is 42.6 Å². The van der Waals surface area contributed by atoms with Gasteiger partial charge in [-0.3, -0.25) is 4.79 Å². The van der Waals surface area contributed by atoms with E-state index in [1.807, 2.05) is 0 Å². The second-order valence-corrected chi connectivity index (χ2v) is 3.81. The van der Waals surface area contributed by atoms with Gasteiger partial charge in [0.25, 0.3) is 0 Å². The maximum atomic E-state index is 11.3. The number of carbonyl (C=O) groups excluding carboxylic acids is 1. The summed E-state index contributed by atoms with van der Waals surface area (Å²) < 4.78 is 15.6. The van der Waals surface area contributed by atoms with Gasteiger partial charge in [-0.25, -0.2) is 0 Å². The summed E-state index contributed by atoms with van der Waals surface area (Å²) in [5.41, 5.74) is 0.924. The van der Waals surface area contributed by atoms with E-state index in [1.54, 1.807) is 19.1 Å². The summed E-state index contributed by atoms with van der Waals surface area (Å²) in [7, 11) is 0. The van der Waals surface area contributed by atoms with Gasteiger partial charge in [-0.15, -0.1) is 0 Å². The van der Waals surface area contributed by atoms with Crippen LogP contribution in [0.1, 0.15) is 12.5 Å². The van der Waals surface area contributed by atoms with Crippen LogP contribution in [0, 0.1) is 11.3 Å². The minimum absolute atomic E-state index is 0.00215. The van der Waals surface area contributed by atoms with Gasteiger partial charge in [-0.05, 0) is 6.92 Å². The maximum Gasteiger partial charge on any atom is 0.325 e. The van der Waals surface area contributed by atoms with Crippen LogP contribution >= 0.6 is 0 Å². The number of benzene rings is 1. The molecule has 2 rings (SSSR count). The number of nitrogens with one attached hydrogen (secondary N) is 1. The number of fused-ring (bicyclic) bond motifs is 1. The van der Waals surface area contributed by atoms with Crippen molar-refractivity contribution in [2.24, 2.45) is 0 Å². The Balaban J connectivity index is 2.15. The second kappa shape index (κ2) is 5.96. The zero-order valence-corrected chi connectivity index (χ0v) is 10.6. The number of carbonyl (C=O) groups is 1. The first kappa shape index (κ1) is 13.0. The Kier molecular flexibility index (Phi) is 4.08. The molecule has 1 aromatic rings. The summed E-state index contributed by atoms with van der Waals surface area (Å²) >= 11 is 0. The van der Waals surface area contributed by atoms with Crippen molar-refractivity contribution in [1.82, 2.24) is 0 Å². The van der Waals surface area contributed by atoms with E-state index in [9.17, 15) is 4.79 Å². The monoisotopic (exact) mass is 262 g/mol. The molecule has 100 valence electrons. The molecule has 0 saturated carbocycles. The Morgan fingerprint density at radius 1 is 1.42 bits per heavy atom. The van der Waals surface area contributed by atoms with Gasteiger partial charge in [0.15, 0.2) is 11.5 Å². The molecule has 0 aliphatic carbocycles. The highest BCUT2D eigenvalue weighted by Crippen LogP contribution is 2.35.